The van der Waals surface area contributed by atoms with Gasteiger partial charge in [0.15, 0.2) is 0 Å². The average molecular weight is 641 g/mol. The Morgan fingerprint density at radius 3 is 0.952 bits per heavy atom. The summed E-state index contributed by atoms with van der Waals surface area (Å²) in [6, 6.07) is 11.9. The fourth-order valence-electron chi connectivity index (χ4n) is 2.85. The van der Waals surface area contributed by atoms with Crippen LogP contribution in [0.5, 0.6) is 0 Å². The van der Waals surface area contributed by atoms with Crippen molar-refractivity contribution in [1.29, 1.82) is 0 Å². The summed E-state index contributed by atoms with van der Waals surface area (Å²) in [5.74, 6) is -2.24. The summed E-state index contributed by atoms with van der Waals surface area (Å²) in [7, 11) is 0. The van der Waals surface area contributed by atoms with E-state index < -0.39 is 75.2 Å². The van der Waals surface area contributed by atoms with Crippen molar-refractivity contribution in [3.05, 3.63) is 115 Å². The first-order chi connectivity index (χ1) is 26.1. The third kappa shape index (κ3) is 18.4. The zero-order chi connectivity index (χ0) is 47.2. The van der Waals surface area contributed by atoms with Crippen molar-refractivity contribution in [3.8, 4) is 0 Å². The molecule has 9 heteroatoms. The molecule has 0 spiro atoms. The van der Waals surface area contributed by atoms with Gasteiger partial charge in [-0.05, 0) is 39.0 Å². The van der Waals surface area contributed by atoms with Gasteiger partial charge < -0.3 is 26.5 Å². The molecule has 0 bridgehead atoms. The van der Waals surface area contributed by atoms with E-state index in [0.717, 1.165) is 39.0 Å². The minimum atomic E-state index is -2.87. The SMILES string of the molecule is [2H]C([2H])([2H])C(C)([N-]c1cc(C)ccc1F)C([2H])([2H])[2H].[2H]C([2H])([2H])C(C)([N-]c1cc(C)ccc1F)C([2H])([2H])[2H].[2H]C([2H])([2H])C(C)([N-]c1cc(C)ccc1F)C([2H])([2H])[2H].[Cr+4].[N-]=O. The fraction of sp³-hybridized carbons (Fsp3) is 0.455. The second-order valence-electron chi connectivity index (χ2n) is 9.42. The van der Waals surface area contributed by atoms with E-state index >= 15 is 0 Å². The van der Waals surface area contributed by atoms with Gasteiger partial charge in [-0.2, -0.15) is 0 Å². The van der Waals surface area contributed by atoms with Gasteiger partial charge in [0.1, 0.15) is 17.5 Å². The van der Waals surface area contributed by atoms with Crippen LogP contribution in [-0.4, -0.2) is 16.6 Å². The number of benzene rings is 3. The summed E-state index contributed by atoms with van der Waals surface area (Å²) < 4.78 is 174. The first kappa shape index (κ1) is 18.6. The van der Waals surface area contributed by atoms with Gasteiger partial charge in [0.25, 0.3) is 0 Å². The Balaban J connectivity index is 0. The second kappa shape index (κ2) is 17.8. The Morgan fingerprint density at radius 2 is 0.762 bits per heavy atom. The fourth-order valence-corrected chi connectivity index (χ4v) is 2.85. The topological polar surface area (TPSA) is 81.7 Å². The molecule has 0 aliphatic heterocycles. The van der Waals surface area contributed by atoms with Crippen molar-refractivity contribution in [2.45, 2.75) is 99.3 Å². The molecule has 0 heterocycles. The minimum absolute atomic E-state index is 0. The quantitative estimate of drug-likeness (QED) is 0.280. The third-order valence-corrected chi connectivity index (χ3v) is 4.34. The summed E-state index contributed by atoms with van der Waals surface area (Å²) in [6.07, 6.45) is 0. The zero-order valence-corrected chi connectivity index (χ0v) is 25.2. The molecule has 0 aliphatic carbocycles. The Hall–Kier alpha value is -3.02. The van der Waals surface area contributed by atoms with Crippen molar-refractivity contribution in [3.63, 3.8) is 0 Å². The zero-order valence-electron chi connectivity index (χ0n) is 41.9. The summed E-state index contributed by atoms with van der Waals surface area (Å²) in [4.78, 5) is 7.25. The van der Waals surface area contributed by atoms with Crippen molar-refractivity contribution in [1.82, 2.24) is 0 Å². The standard InChI is InChI=1S/3C11H15FN.Cr.NO/c3*1-8-5-6-9(12)10(7-8)13-11(2,3)4;;1-2/h3*5-7H,1-4H3;;/q3*-1;+4;-1/i3*2D3,3D3;;. The Kier molecular flexibility index (Phi) is 7.90. The van der Waals surface area contributed by atoms with E-state index in [1.54, 1.807) is 20.8 Å². The summed E-state index contributed by atoms with van der Waals surface area (Å²) in [6.45, 7) is -9.17. The summed E-state index contributed by atoms with van der Waals surface area (Å²) in [5.41, 5.74) is -0.0762. The average Bonchev–Trinajstić information content (AvgIpc) is 3.04. The number of rotatable bonds is 3. The molecule has 0 aromatic heterocycles. The molecule has 5 nitrogen and oxygen atoms in total. The van der Waals surface area contributed by atoms with Gasteiger partial charge in [0.05, 0.1) is 0 Å². The third-order valence-electron chi connectivity index (χ3n) is 4.34. The molecule has 0 aliphatic rings. The van der Waals surface area contributed by atoms with Gasteiger partial charge in [-0.25, -0.2) is 13.2 Å². The maximum atomic E-state index is 13.6. The van der Waals surface area contributed by atoms with E-state index in [0.29, 0.717) is 16.7 Å². The first-order valence-electron chi connectivity index (χ1n) is 20.8. The van der Waals surface area contributed by atoms with Crippen LogP contribution in [0.4, 0.5) is 30.2 Å². The minimum Gasteiger partial charge on any atom is -0.677 e. The van der Waals surface area contributed by atoms with Crippen molar-refractivity contribution < 1.29 is 55.2 Å². The van der Waals surface area contributed by atoms with Crippen LogP contribution in [0.3, 0.4) is 0 Å². The number of nitrogens with zero attached hydrogens (tertiary/aromatic N) is 4. The predicted molar refractivity (Wildman–Crippen MR) is 168 cm³/mol. The van der Waals surface area contributed by atoms with Crippen molar-refractivity contribution in [2.24, 2.45) is 0 Å². The van der Waals surface area contributed by atoms with Crippen LogP contribution < -0.4 is 0 Å². The molecular formula is C33H45CrF3N4O. The van der Waals surface area contributed by atoms with Gasteiger partial charge in [-0.1, -0.05) is 115 Å². The number of nitroso groups, excluding NO2 is 1. The molecule has 3 rings (SSSR count). The Labute approximate surface area is 287 Å². The molecule has 42 heavy (non-hydrogen) atoms. The van der Waals surface area contributed by atoms with Gasteiger partial charge in [0, 0.05) is 24.7 Å². The first-order valence-corrected chi connectivity index (χ1v) is 11.8. The van der Waals surface area contributed by atoms with Crippen molar-refractivity contribution >= 4 is 17.1 Å². The molecule has 0 N–H and O–H groups in total. The van der Waals surface area contributed by atoms with Gasteiger partial charge in [-0.15, -0.1) is 33.7 Å². The van der Waals surface area contributed by atoms with E-state index in [-0.39, 0.29) is 34.4 Å². The van der Waals surface area contributed by atoms with Gasteiger partial charge in [-0.3, -0.25) is 0 Å². The predicted octanol–water partition coefficient (Wildman–Crippen LogP) is 12.1. The largest absolute Gasteiger partial charge is 4.00 e. The smallest absolute Gasteiger partial charge is 0.677 e. The molecule has 3 aromatic carbocycles. The van der Waals surface area contributed by atoms with E-state index in [1.165, 1.54) is 36.4 Å². The van der Waals surface area contributed by atoms with Crippen LogP contribution in [-0.2, 0) is 17.4 Å². The Morgan fingerprint density at radius 1 is 0.548 bits per heavy atom. The molecule has 0 fully saturated rings. The molecule has 0 atom stereocenters. The Bertz CT molecular complexity index is 1600. The molecule has 230 valence electrons. The van der Waals surface area contributed by atoms with Crippen LogP contribution in [0.15, 0.2) is 54.6 Å². The van der Waals surface area contributed by atoms with E-state index in [1.807, 2.05) is 0 Å². The van der Waals surface area contributed by atoms with Crippen LogP contribution in [0.1, 0.15) is 103 Å². The van der Waals surface area contributed by atoms with Crippen LogP contribution in [0.25, 0.3) is 21.5 Å². The molecule has 0 unspecified atom stereocenters. The molecule has 3 aromatic rings. The van der Waals surface area contributed by atoms with Crippen LogP contribution in [0, 0.1) is 43.1 Å². The van der Waals surface area contributed by atoms with E-state index in [2.05, 4.69) is 16.0 Å². The number of aryl methyl sites for hydroxylation is 3. The molecule has 0 radical (unpaired) electrons. The van der Waals surface area contributed by atoms with Gasteiger partial charge in [0.2, 0.25) is 0 Å². The molecular weight excluding hydrogens is 577 g/mol. The van der Waals surface area contributed by atoms with E-state index in [9.17, 15) is 13.2 Å². The van der Waals surface area contributed by atoms with Crippen LogP contribution in [0.2, 0.25) is 0 Å². The van der Waals surface area contributed by atoms with E-state index in [4.69, 9.17) is 35.2 Å². The van der Waals surface area contributed by atoms with Crippen molar-refractivity contribution in [2.75, 3.05) is 0 Å². The normalized spacial score (nSPS) is 18.9. The monoisotopic (exact) mass is 640 g/mol. The molecule has 0 saturated carbocycles. The summed E-state index contributed by atoms with van der Waals surface area (Å²) >= 11 is 0. The number of hydrogen-bond donors (Lipinski definition) is 0. The maximum absolute atomic E-state index is 13.6. The number of halogens is 3. The maximum Gasteiger partial charge on any atom is 4.00 e. The van der Waals surface area contributed by atoms with Crippen LogP contribution >= 0.6 is 0 Å². The molecule has 0 amide bonds. The molecule has 0 saturated heterocycles. The van der Waals surface area contributed by atoms with Gasteiger partial charge >= 0.3 is 17.4 Å². The number of hydrogen-bond acceptors (Lipinski definition) is 1. The summed E-state index contributed by atoms with van der Waals surface area (Å²) in [5, 5.41) is 11.1. The second-order valence-corrected chi connectivity index (χ2v) is 9.42.